The van der Waals surface area contributed by atoms with Gasteiger partial charge in [-0.3, -0.25) is 0 Å². The van der Waals surface area contributed by atoms with Gasteiger partial charge in [0.25, 0.3) is 5.95 Å². The fraction of sp³-hybridized carbons (Fsp3) is 0.818. The summed E-state index contributed by atoms with van der Waals surface area (Å²) in [5, 5.41) is 7.39. The standard InChI is InChI=1S/C11H20N4O/c1-3-15(4-2)11-13-10(16-14-11)9-5-7-12-8-6-9/h9,12H,3-8H2,1-2H3. The number of piperidine rings is 1. The number of aromatic nitrogens is 2. The lowest BCUT2D eigenvalue weighted by atomic mass is 9.98. The summed E-state index contributed by atoms with van der Waals surface area (Å²) in [5.74, 6) is 1.99. The van der Waals surface area contributed by atoms with Crippen LogP contribution in [0.4, 0.5) is 5.95 Å². The van der Waals surface area contributed by atoms with Gasteiger partial charge in [-0.05, 0) is 44.9 Å². The average Bonchev–Trinajstić information content (AvgIpc) is 2.81. The van der Waals surface area contributed by atoms with Crippen LogP contribution >= 0.6 is 0 Å². The van der Waals surface area contributed by atoms with Crippen molar-refractivity contribution in [3.63, 3.8) is 0 Å². The maximum absolute atomic E-state index is 5.36. The summed E-state index contributed by atoms with van der Waals surface area (Å²) in [6.07, 6.45) is 2.19. The molecule has 0 aliphatic carbocycles. The van der Waals surface area contributed by atoms with Crippen LogP contribution in [-0.2, 0) is 0 Å². The van der Waals surface area contributed by atoms with Gasteiger partial charge in [0.15, 0.2) is 0 Å². The summed E-state index contributed by atoms with van der Waals surface area (Å²) in [6.45, 7) is 8.14. The molecule has 0 bridgehead atoms. The van der Waals surface area contributed by atoms with Crippen molar-refractivity contribution in [1.82, 2.24) is 15.5 Å². The first-order valence-corrected chi connectivity index (χ1v) is 6.14. The number of anilines is 1. The summed E-state index contributed by atoms with van der Waals surface area (Å²) in [5.41, 5.74) is 0. The van der Waals surface area contributed by atoms with Gasteiger partial charge in [0.1, 0.15) is 0 Å². The molecule has 5 heteroatoms. The highest BCUT2D eigenvalue weighted by atomic mass is 16.5. The van der Waals surface area contributed by atoms with Gasteiger partial charge in [-0.2, -0.15) is 4.98 Å². The molecule has 1 aromatic heterocycles. The molecule has 2 rings (SSSR count). The number of nitrogens with one attached hydrogen (secondary N) is 1. The quantitative estimate of drug-likeness (QED) is 0.837. The molecule has 0 spiro atoms. The van der Waals surface area contributed by atoms with E-state index in [-0.39, 0.29) is 0 Å². The Kier molecular flexibility index (Phi) is 3.77. The zero-order chi connectivity index (χ0) is 11.4. The van der Waals surface area contributed by atoms with Gasteiger partial charge in [0.2, 0.25) is 5.89 Å². The molecule has 1 aliphatic heterocycles. The first kappa shape index (κ1) is 11.4. The van der Waals surface area contributed by atoms with Gasteiger partial charge >= 0.3 is 0 Å². The van der Waals surface area contributed by atoms with Crippen LogP contribution in [0.25, 0.3) is 0 Å². The molecule has 5 nitrogen and oxygen atoms in total. The Balaban J connectivity index is 2.05. The summed E-state index contributed by atoms with van der Waals surface area (Å²) in [6, 6.07) is 0. The number of hydrogen-bond acceptors (Lipinski definition) is 5. The highest BCUT2D eigenvalue weighted by molar-refractivity contribution is 5.27. The lowest BCUT2D eigenvalue weighted by Crippen LogP contribution is -2.27. The van der Waals surface area contributed by atoms with E-state index in [0.717, 1.165) is 50.9 Å². The second-order valence-electron chi connectivity index (χ2n) is 4.13. The summed E-state index contributed by atoms with van der Waals surface area (Å²) >= 11 is 0. The van der Waals surface area contributed by atoms with Gasteiger partial charge in [0.05, 0.1) is 0 Å². The van der Waals surface area contributed by atoms with Crippen molar-refractivity contribution in [3.8, 4) is 0 Å². The van der Waals surface area contributed by atoms with Crippen LogP contribution in [0.2, 0.25) is 0 Å². The van der Waals surface area contributed by atoms with E-state index in [1.54, 1.807) is 0 Å². The highest BCUT2D eigenvalue weighted by Gasteiger charge is 2.22. The lowest BCUT2D eigenvalue weighted by molar-refractivity contribution is 0.320. The van der Waals surface area contributed by atoms with E-state index in [1.807, 2.05) is 0 Å². The van der Waals surface area contributed by atoms with E-state index in [4.69, 9.17) is 4.52 Å². The molecule has 0 radical (unpaired) electrons. The molecular weight excluding hydrogens is 204 g/mol. The molecule has 1 aliphatic rings. The highest BCUT2D eigenvalue weighted by Crippen LogP contribution is 2.24. The van der Waals surface area contributed by atoms with Gasteiger partial charge in [-0.15, -0.1) is 0 Å². The molecule has 1 saturated heterocycles. The molecule has 0 aromatic carbocycles. The maximum Gasteiger partial charge on any atom is 0.266 e. The Hall–Kier alpha value is -1.10. The Morgan fingerprint density at radius 2 is 2.00 bits per heavy atom. The van der Waals surface area contributed by atoms with Crippen LogP contribution in [0.3, 0.4) is 0 Å². The SMILES string of the molecule is CCN(CC)c1noc(C2CCNCC2)n1. The topological polar surface area (TPSA) is 54.2 Å². The zero-order valence-corrected chi connectivity index (χ0v) is 10.1. The minimum atomic E-state index is 0.443. The molecule has 1 N–H and O–H groups in total. The van der Waals surface area contributed by atoms with Crippen molar-refractivity contribution in [2.45, 2.75) is 32.6 Å². The van der Waals surface area contributed by atoms with E-state index in [9.17, 15) is 0 Å². The van der Waals surface area contributed by atoms with Crippen molar-refractivity contribution < 1.29 is 4.52 Å². The molecule has 16 heavy (non-hydrogen) atoms. The van der Waals surface area contributed by atoms with Crippen molar-refractivity contribution in [3.05, 3.63) is 5.89 Å². The Bertz CT molecular complexity index is 316. The third-order valence-electron chi connectivity index (χ3n) is 3.17. The normalized spacial score (nSPS) is 17.6. The average molecular weight is 224 g/mol. The van der Waals surface area contributed by atoms with Crippen molar-refractivity contribution >= 4 is 5.95 Å². The van der Waals surface area contributed by atoms with Crippen LogP contribution in [0, 0.1) is 0 Å². The van der Waals surface area contributed by atoms with Crippen LogP contribution in [0.1, 0.15) is 38.5 Å². The second kappa shape index (κ2) is 5.30. The summed E-state index contributed by atoms with van der Waals surface area (Å²) < 4.78 is 5.36. The van der Waals surface area contributed by atoms with Crippen LogP contribution in [0.5, 0.6) is 0 Å². The minimum absolute atomic E-state index is 0.443. The Morgan fingerprint density at radius 1 is 1.31 bits per heavy atom. The third kappa shape index (κ3) is 2.35. The number of rotatable bonds is 4. The van der Waals surface area contributed by atoms with E-state index in [0.29, 0.717) is 5.92 Å². The number of nitrogens with zero attached hydrogens (tertiary/aromatic N) is 3. The number of hydrogen-bond donors (Lipinski definition) is 1. The van der Waals surface area contributed by atoms with E-state index >= 15 is 0 Å². The smallest absolute Gasteiger partial charge is 0.266 e. The first-order chi connectivity index (χ1) is 7.85. The molecule has 0 saturated carbocycles. The minimum Gasteiger partial charge on any atom is -0.339 e. The van der Waals surface area contributed by atoms with Crippen molar-refractivity contribution in [2.24, 2.45) is 0 Å². The van der Waals surface area contributed by atoms with E-state index < -0.39 is 0 Å². The largest absolute Gasteiger partial charge is 0.339 e. The third-order valence-corrected chi connectivity index (χ3v) is 3.17. The molecule has 0 unspecified atom stereocenters. The molecule has 2 heterocycles. The molecule has 0 atom stereocenters. The van der Waals surface area contributed by atoms with E-state index in [1.165, 1.54) is 0 Å². The van der Waals surface area contributed by atoms with Crippen LogP contribution < -0.4 is 10.2 Å². The lowest BCUT2D eigenvalue weighted by Gasteiger charge is -2.19. The van der Waals surface area contributed by atoms with Gasteiger partial charge in [-0.1, -0.05) is 0 Å². The summed E-state index contributed by atoms with van der Waals surface area (Å²) in [7, 11) is 0. The van der Waals surface area contributed by atoms with Crippen LogP contribution in [0.15, 0.2) is 4.52 Å². The van der Waals surface area contributed by atoms with Gasteiger partial charge in [-0.25, -0.2) is 0 Å². The summed E-state index contributed by atoms with van der Waals surface area (Å²) in [4.78, 5) is 6.60. The fourth-order valence-corrected chi connectivity index (χ4v) is 2.10. The van der Waals surface area contributed by atoms with Gasteiger partial charge in [0, 0.05) is 19.0 Å². The Labute approximate surface area is 96.2 Å². The molecule has 90 valence electrons. The maximum atomic E-state index is 5.36. The Morgan fingerprint density at radius 3 is 2.62 bits per heavy atom. The van der Waals surface area contributed by atoms with Crippen molar-refractivity contribution in [2.75, 3.05) is 31.1 Å². The molecular formula is C11H20N4O. The second-order valence-corrected chi connectivity index (χ2v) is 4.13. The first-order valence-electron chi connectivity index (χ1n) is 6.14. The fourth-order valence-electron chi connectivity index (χ4n) is 2.10. The van der Waals surface area contributed by atoms with Gasteiger partial charge < -0.3 is 14.7 Å². The molecule has 1 fully saturated rings. The van der Waals surface area contributed by atoms with Crippen molar-refractivity contribution in [1.29, 1.82) is 0 Å². The predicted octanol–water partition coefficient (Wildman–Crippen LogP) is 1.38. The molecule has 0 amide bonds. The van der Waals surface area contributed by atoms with E-state index in [2.05, 4.69) is 34.2 Å². The van der Waals surface area contributed by atoms with Crippen LogP contribution in [-0.4, -0.2) is 36.3 Å². The monoisotopic (exact) mass is 224 g/mol. The molecule has 1 aromatic rings. The predicted molar refractivity (Wildman–Crippen MR) is 62.7 cm³/mol. The zero-order valence-electron chi connectivity index (χ0n) is 10.1.